The second-order valence-electron chi connectivity index (χ2n) is 4.44. The highest BCUT2D eigenvalue weighted by Crippen LogP contribution is 2.30. The van der Waals surface area contributed by atoms with E-state index in [1.165, 1.54) is 0 Å². The van der Waals surface area contributed by atoms with Crippen LogP contribution in [0.2, 0.25) is 0 Å². The number of furan rings is 1. The highest BCUT2D eigenvalue weighted by atomic mass is 16.4. The number of carbonyl (C=O) groups is 1. The number of benzene rings is 1. The van der Waals surface area contributed by atoms with Gasteiger partial charge in [-0.3, -0.25) is 0 Å². The molecule has 2 heterocycles. The molecule has 0 aliphatic heterocycles. The van der Waals surface area contributed by atoms with Gasteiger partial charge in [0.05, 0.1) is 0 Å². The van der Waals surface area contributed by atoms with Gasteiger partial charge in [-0.2, -0.15) is 0 Å². The Labute approximate surface area is 114 Å². The fraction of sp³-hybridized carbons (Fsp3) is 0.214. The van der Waals surface area contributed by atoms with Gasteiger partial charge in [0.1, 0.15) is 16.9 Å². The molecule has 1 N–H and O–H groups in total. The summed E-state index contributed by atoms with van der Waals surface area (Å²) in [6.45, 7) is 2.01. The summed E-state index contributed by atoms with van der Waals surface area (Å²) in [5, 5.41) is 14.3. The Hall–Kier alpha value is -2.63. The molecular weight excluding hydrogens is 258 g/mol. The molecule has 2 aromatic heterocycles. The number of hydrogen-bond acceptors (Lipinski definition) is 6. The Morgan fingerprint density at radius 2 is 2.15 bits per heavy atom. The number of nitrogens with one attached hydrogen (secondary N) is 1. The molecule has 0 spiro atoms. The van der Waals surface area contributed by atoms with Gasteiger partial charge in [0.2, 0.25) is 0 Å². The van der Waals surface area contributed by atoms with Crippen molar-refractivity contribution >= 4 is 33.9 Å². The molecule has 0 bridgehead atoms. The van der Waals surface area contributed by atoms with Gasteiger partial charge >= 0.3 is 0 Å². The Balaban J connectivity index is 2.09. The average Bonchev–Trinajstić information content (AvgIpc) is 2.77. The zero-order chi connectivity index (χ0) is 14.1. The van der Waals surface area contributed by atoms with Crippen molar-refractivity contribution in [2.24, 2.45) is 0 Å². The van der Waals surface area contributed by atoms with Crippen LogP contribution in [0, 0.1) is 6.92 Å². The van der Waals surface area contributed by atoms with Crippen molar-refractivity contribution < 1.29 is 14.3 Å². The quantitative estimate of drug-likeness (QED) is 0.766. The number of anilines is 1. The third-order valence-electron chi connectivity index (χ3n) is 2.95. The van der Waals surface area contributed by atoms with Crippen molar-refractivity contribution in [1.29, 1.82) is 0 Å². The third kappa shape index (κ3) is 2.16. The van der Waals surface area contributed by atoms with Crippen molar-refractivity contribution in [2.75, 3.05) is 11.9 Å². The molecule has 3 rings (SSSR count). The number of carboxylic acids is 1. The topological polar surface area (TPSA) is 91.1 Å². The van der Waals surface area contributed by atoms with Gasteiger partial charge in [-0.15, -0.1) is 0 Å². The third-order valence-corrected chi connectivity index (χ3v) is 2.95. The first-order chi connectivity index (χ1) is 9.65. The summed E-state index contributed by atoms with van der Waals surface area (Å²) >= 11 is 0. The van der Waals surface area contributed by atoms with Gasteiger partial charge < -0.3 is 19.6 Å². The molecule has 0 fully saturated rings. The van der Waals surface area contributed by atoms with Crippen molar-refractivity contribution in [3.63, 3.8) is 0 Å². The van der Waals surface area contributed by atoms with Gasteiger partial charge in [0.25, 0.3) is 0 Å². The minimum absolute atomic E-state index is 0.0925. The molecule has 3 aromatic rings. The van der Waals surface area contributed by atoms with Crippen molar-refractivity contribution in [2.45, 2.75) is 13.3 Å². The minimum Gasteiger partial charge on any atom is -0.550 e. The maximum atomic E-state index is 10.5. The Kier molecular flexibility index (Phi) is 2.98. The summed E-state index contributed by atoms with van der Waals surface area (Å²) < 4.78 is 5.75. The van der Waals surface area contributed by atoms with Crippen LogP contribution in [0.3, 0.4) is 0 Å². The van der Waals surface area contributed by atoms with Crippen LogP contribution < -0.4 is 10.4 Å². The fourth-order valence-electron chi connectivity index (χ4n) is 2.11. The van der Waals surface area contributed by atoms with Crippen LogP contribution in [0.25, 0.3) is 22.1 Å². The number of carboxylic acid groups (broad SMARTS) is 1. The number of rotatable bonds is 4. The van der Waals surface area contributed by atoms with Gasteiger partial charge in [0.15, 0.2) is 11.4 Å². The predicted octanol–water partition coefficient (Wildman–Crippen LogP) is 1.24. The average molecular weight is 270 g/mol. The summed E-state index contributed by atoms with van der Waals surface area (Å²) in [5.74, 6) is -0.00548. The normalized spacial score (nSPS) is 11.1. The monoisotopic (exact) mass is 270 g/mol. The fourth-order valence-corrected chi connectivity index (χ4v) is 2.11. The van der Waals surface area contributed by atoms with Crippen LogP contribution in [0.15, 0.2) is 28.7 Å². The number of para-hydroxylation sites is 1. The van der Waals surface area contributed by atoms with Crippen molar-refractivity contribution in [3.05, 3.63) is 30.1 Å². The zero-order valence-corrected chi connectivity index (χ0v) is 10.8. The molecule has 0 aliphatic rings. The van der Waals surface area contributed by atoms with E-state index in [1.54, 1.807) is 6.92 Å². The van der Waals surface area contributed by atoms with E-state index in [-0.39, 0.29) is 13.0 Å². The molecule has 1 aromatic carbocycles. The molecule has 6 nitrogen and oxygen atoms in total. The van der Waals surface area contributed by atoms with E-state index in [2.05, 4.69) is 15.3 Å². The van der Waals surface area contributed by atoms with Crippen LogP contribution in [0.5, 0.6) is 0 Å². The van der Waals surface area contributed by atoms with Crippen LogP contribution in [0.1, 0.15) is 12.2 Å². The number of fused-ring (bicyclic) bond motifs is 3. The van der Waals surface area contributed by atoms with Gasteiger partial charge in [-0.25, -0.2) is 9.97 Å². The highest BCUT2D eigenvalue weighted by Gasteiger charge is 2.13. The Morgan fingerprint density at radius 1 is 1.35 bits per heavy atom. The zero-order valence-electron chi connectivity index (χ0n) is 10.8. The lowest BCUT2D eigenvalue weighted by Gasteiger charge is -2.06. The second kappa shape index (κ2) is 4.80. The van der Waals surface area contributed by atoms with Gasteiger partial charge in [-0.1, -0.05) is 12.1 Å². The van der Waals surface area contributed by atoms with E-state index >= 15 is 0 Å². The lowest BCUT2D eigenvalue weighted by atomic mass is 10.2. The summed E-state index contributed by atoms with van der Waals surface area (Å²) in [6, 6.07) is 7.59. The first-order valence-corrected chi connectivity index (χ1v) is 6.25. The van der Waals surface area contributed by atoms with E-state index in [1.807, 2.05) is 24.3 Å². The van der Waals surface area contributed by atoms with Crippen molar-refractivity contribution in [1.82, 2.24) is 9.97 Å². The smallest absolute Gasteiger partial charge is 0.196 e. The molecule has 0 aliphatic carbocycles. The molecule has 6 heteroatoms. The number of aromatic nitrogens is 2. The molecule has 0 saturated heterocycles. The number of aliphatic carboxylic acids is 1. The summed E-state index contributed by atoms with van der Waals surface area (Å²) in [7, 11) is 0. The molecule has 102 valence electrons. The number of nitrogens with zero attached hydrogens (tertiary/aromatic N) is 2. The van der Waals surface area contributed by atoms with Crippen LogP contribution >= 0.6 is 0 Å². The molecule has 0 radical (unpaired) electrons. The Bertz CT molecular complexity index is 795. The summed E-state index contributed by atoms with van der Waals surface area (Å²) in [4.78, 5) is 19.1. The molecule has 0 atom stereocenters. The molecule has 0 unspecified atom stereocenters. The Morgan fingerprint density at radius 3 is 2.95 bits per heavy atom. The first-order valence-electron chi connectivity index (χ1n) is 6.25. The van der Waals surface area contributed by atoms with Crippen LogP contribution in [-0.4, -0.2) is 22.5 Å². The standard InChI is InChI=1S/C14H13N3O3/c1-8-16-12-9-4-2-3-5-10(9)20-13(12)14(17-8)15-7-6-11(18)19/h2-5H,6-7H2,1H3,(H,18,19)(H,15,16,17)/p-1. The van der Waals surface area contributed by atoms with E-state index in [9.17, 15) is 9.90 Å². The van der Waals surface area contributed by atoms with E-state index in [0.29, 0.717) is 17.2 Å². The minimum atomic E-state index is -1.11. The lowest BCUT2D eigenvalue weighted by Crippen LogP contribution is -2.24. The molecule has 20 heavy (non-hydrogen) atoms. The summed E-state index contributed by atoms with van der Waals surface area (Å²) in [6.07, 6.45) is -0.0925. The summed E-state index contributed by atoms with van der Waals surface area (Å²) in [5.41, 5.74) is 1.99. The lowest BCUT2D eigenvalue weighted by molar-refractivity contribution is -0.305. The van der Waals surface area contributed by atoms with E-state index in [4.69, 9.17) is 4.42 Å². The van der Waals surface area contributed by atoms with Gasteiger partial charge in [-0.05, 0) is 19.1 Å². The molecule has 0 saturated carbocycles. The number of aryl methyl sites for hydroxylation is 1. The highest BCUT2D eigenvalue weighted by molar-refractivity contribution is 6.05. The first kappa shape index (κ1) is 12.4. The predicted molar refractivity (Wildman–Crippen MR) is 72.2 cm³/mol. The van der Waals surface area contributed by atoms with Crippen molar-refractivity contribution in [3.8, 4) is 0 Å². The number of hydrogen-bond donors (Lipinski definition) is 1. The largest absolute Gasteiger partial charge is 0.550 e. The maximum Gasteiger partial charge on any atom is 0.196 e. The second-order valence-corrected chi connectivity index (χ2v) is 4.44. The number of carbonyl (C=O) groups excluding carboxylic acids is 1. The van der Waals surface area contributed by atoms with E-state index in [0.717, 1.165) is 16.5 Å². The van der Waals surface area contributed by atoms with Crippen LogP contribution in [-0.2, 0) is 4.79 Å². The SMILES string of the molecule is Cc1nc(NCCC(=O)[O-])c2oc3ccccc3c2n1. The maximum absolute atomic E-state index is 10.5. The van der Waals surface area contributed by atoms with Gasteiger partial charge in [0, 0.05) is 24.3 Å². The van der Waals surface area contributed by atoms with E-state index < -0.39 is 5.97 Å². The van der Waals surface area contributed by atoms with Crippen LogP contribution in [0.4, 0.5) is 5.82 Å². The molecular formula is C14H12N3O3-. The molecule has 0 amide bonds.